The average molecular weight is 441 g/mol. The molecule has 26 heavy (non-hydrogen) atoms. The number of methoxy groups -OCH3 is 2. The van der Waals surface area contributed by atoms with Gasteiger partial charge in [0, 0.05) is 5.56 Å². The van der Waals surface area contributed by atoms with Gasteiger partial charge < -0.3 is 20.1 Å². The van der Waals surface area contributed by atoms with Gasteiger partial charge in [0.25, 0.3) is 5.91 Å². The Balaban J connectivity index is 2.03. The molecule has 0 fully saturated rings. The monoisotopic (exact) mass is 440 g/mol. The number of amides is 2. The topological polar surface area (TPSA) is 76.7 Å². The summed E-state index contributed by atoms with van der Waals surface area (Å²) in [7, 11) is 3.15. The lowest BCUT2D eigenvalue weighted by atomic mass is 10.1. The van der Waals surface area contributed by atoms with E-state index in [1.54, 1.807) is 45.4 Å². The van der Waals surface area contributed by atoms with Crippen molar-refractivity contribution in [2.45, 2.75) is 25.9 Å². The maximum Gasteiger partial charge on any atom is 0.262 e. The van der Waals surface area contributed by atoms with Crippen LogP contribution in [0.15, 0.2) is 34.1 Å². The molecule has 0 aliphatic rings. The van der Waals surface area contributed by atoms with Gasteiger partial charge >= 0.3 is 0 Å². The largest absolute Gasteiger partial charge is 0.497 e. The predicted octanol–water partition coefficient (Wildman–Crippen LogP) is 3.52. The van der Waals surface area contributed by atoms with Crippen molar-refractivity contribution in [1.29, 1.82) is 0 Å². The number of ether oxygens (including phenoxy) is 2. The predicted molar refractivity (Wildman–Crippen MR) is 105 cm³/mol. The molecule has 0 bridgehead atoms. The van der Waals surface area contributed by atoms with Crippen LogP contribution in [-0.4, -0.2) is 32.1 Å². The zero-order chi connectivity index (χ0) is 19.3. The van der Waals surface area contributed by atoms with E-state index >= 15 is 0 Å². The van der Waals surface area contributed by atoms with E-state index in [9.17, 15) is 9.59 Å². The molecule has 8 heteroatoms. The number of benzene rings is 1. The molecule has 1 heterocycles. The van der Waals surface area contributed by atoms with Crippen LogP contribution in [0.5, 0.6) is 11.5 Å². The summed E-state index contributed by atoms with van der Waals surface area (Å²) in [5, 5.41) is 5.59. The fourth-order valence-electron chi connectivity index (χ4n) is 2.36. The standard InChI is InChI=1S/C18H21BrN2O4S/c1-10(13-9-12(24-3)5-6-14(13)25-4)20-17(22)11(2)21-18(23)15-7-8-16(19)26-15/h5-11H,1-4H3,(H,20,22)(H,21,23). The van der Waals surface area contributed by atoms with E-state index in [1.807, 2.05) is 13.0 Å². The summed E-state index contributed by atoms with van der Waals surface area (Å²) in [6.07, 6.45) is 0. The SMILES string of the molecule is COc1ccc(OC)c(C(C)NC(=O)C(C)NC(=O)c2ccc(Br)s2)c1. The molecule has 2 N–H and O–H groups in total. The number of carbonyl (C=O) groups is 2. The summed E-state index contributed by atoms with van der Waals surface area (Å²) in [5.41, 5.74) is 0.793. The van der Waals surface area contributed by atoms with Crippen LogP contribution in [0.25, 0.3) is 0 Å². The number of nitrogens with one attached hydrogen (secondary N) is 2. The summed E-state index contributed by atoms with van der Waals surface area (Å²) < 4.78 is 11.4. The maximum atomic E-state index is 12.4. The number of halogens is 1. The van der Waals surface area contributed by atoms with Gasteiger partial charge in [-0.25, -0.2) is 0 Å². The highest BCUT2D eigenvalue weighted by atomic mass is 79.9. The Hall–Kier alpha value is -2.06. The molecule has 1 aromatic heterocycles. The molecule has 0 radical (unpaired) electrons. The summed E-state index contributed by atoms with van der Waals surface area (Å²) >= 11 is 4.63. The lowest BCUT2D eigenvalue weighted by Gasteiger charge is -2.21. The molecule has 0 aliphatic heterocycles. The molecule has 2 aromatic rings. The third-order valence-corrected chi connectivity index (χ3v) is 5.42. The van der Waals surface area contributed by atoms with Crippen molar-refractivity contribution in [3.63, 3.8) is 0 Å². The summed E-state index contributed by atoms with van der Waals surface area (Å²) in [6, 6.07) is 7.90. The summed E-state index contributed by atoms with van der Waals surface area (Å²) in [4.78, 5) is 25.2. The van der Waals surface area contributed by atoms with Gasteiger partial charge in [0.1, 0.15) is 17.5 Å². The first kappa shape index (κ1) is 20.3. The molecule has 0 aliphatic carbocycles. The molecule has 0 saturated carbocycles. The van der Waals surface area contributed by atoms with Gasteiger partial charge in [-0.2, -0.15) is 0 Å². The Labute approximate surface area is 165 Å². The number of hydrogen-bond acceptors (Lipinski definition) is 5. The van der Waals surface area contributed by atoms with Crippen molar-refractivity contribution >= 4 is 39.1 Å². The second kappa shape index (κ2) is 9.05. The van der Waals surface area contributed by atoms with Crippen LogP contribution in [0, 0.1) is 0 Å². The van der Waals surface area contributed by atoms with Crippen LogP contribution in [-0.2, 0) is 4.79 Å². The number of thiophene rings is 1. The highest BCUT2D eigenvalue weighted by molar-refractivity contribution is 9.11. The third-order valence-electron chi connectivity index (χ3n) is 3.80. The Kier molecular flexibility index (Phi) is 7.05. The molecule has 2 unspecified atom stereocenters. The van der Waals surface area contributed by atoms with Crippen LogP contribution in [0.2, 0.25) is 0 Å². The van der Waals surface area contributed by atoms with Crippen molar-refractivity contribution in [1.82, 2.24) is 10.6 Å². The molecule has 6 nitrogen and oxygen atoms in total. The molecular weight excluding hydrogens is 420 g/mol. The first-order valence-corrected chi connectivity index (χ1v) is 9.55. The Morgan fingerprint density at radius 1 is 1.08 bits per heavy atom. The van der Waals surface area contributed by atoms with Gasteiger partial charge in [-0.05, 0) is 60.1 Å². The molecular formula is C18H21BrN2O4S. The number of carbonyl (C=O) groups excluding carboxylic acids is 2. The minimum Gasteiger partial charge on any atom is -0.497 e. The third kappa shape index (κ3) is 4.98. The smallest absolute Gasteiger partial charge is 0.262 e. The first-order chi connectivity index (χ1) is 12.3. The quantitative estimate of drug-likeness (QED) is 0.690. The van der Waals surface area contributed by atoms with Gasteiger partial charge in [-0.15, -0.1) is 11.3 Å². The highest BCUT2D eigenvalue weighted by Crippen LogP contribution is 2.29. The van der Waals surface area contributed by atoms with Gasteiger partial charge in [-0.1, -0.05) is 0 Å². The summed E-state index contributed by atoms with van der Waals surface area (Å²) in [6.45, 7) is 3.49. The maximum absolute atomic E-state index is 12.4. The van der Waals surface area contributed by atoms with E-state index in [1.165, 1.54) is 11.3 Å². The second-order valence-electron chi connectivity index (χ2n) is 5.64. The van der Waals surface area contributed by atoms with Crippen LogP contribution >= 0.6 is 27.3 Å². The van der Waals surface area contributed by atoms with Crippen molar-refractivity contribution < 1.29 is 19.1 Å². The number of hydrogen-bond donors (Lipinski definition) is 2. The minimum atomic E-state index is -0.678. The molecule has 1 aromatic carbocycles. The normalized spacial score (nSPS) is 12.8. The van der Waals surface area contributed by atoms with Crippen molar-refractivity contribution in [3.8, 4) is 11.5 Å². The van der Waals surface area contributed by atoms with E-state index in [0.29, 0.717) is 16.4 Å². The number of rotatable bonds is 7. The fourth-order valence-corrected chi connectivity index (χ4v) is 3.65. The van der Waals surface area contributed by atoms with Gasteiger partial charge in [0.05, 0.1) is 28.9 Å². The van der Waals surface area contributed by atoms with Crippen LogP contribution < -0.4 is 20.1 Å². The van der Waals surface area contributed by atoms with E-state index < -0.39 is 6.04 Å². The fraction of sp³-hybridized carbons (Fsp3) is 0.333. The van der Waals surface area contributed by atoms with Crippen LogP contribution in [0.4, 0.5) is 0 Å². The molecule has 2 amide bonds. The van der Waals surface area contributed by atoms with Crippen LogP contribution in [0.3, 0.4) is 0 Å². The van der Waals surface area contributed by atoms with Gasteiger partial charge in [0.15, 0.2) is 0 Å². The highest BCUT2D eigenvalue weighted by Gasteiger charge is 2.21. The lowest BCUT2D eigenvalue weighted by Crippen LogP contribution is -2.45. The van der Waals surface area contributed by atoms with Crippen molar-refractivity contribution in [2.24, 2.45) is 0 Å². The molecule has 140 valence electrons. The zero-order valence-electron chi connectivity index (χ0n) is 15.0. The van der Waals surface area contributed by atoms with E-state index in [0.717, 1.165) is 9.35 Å². The zero-order valence-corrected chi connectivity index (χ0v) is 17.4. The Bertz CT molecular complexity index is 793. The van der Waals surface area contributed by atoms with Gasteiger partial charge in [0.2, 0.25) is 5.91 Å². The van der Waals surface area contributed by atoms with Crippen LogP contribution in [0.1, 0.15) is 35.1 Å². The van der Waals surface area contributed by atoms with Gasteiger partial charge in [-0.3, -0.25) is 9.59 Å². The second-order valence-corrected chi connectivity index (χ2v) is 8.10. The molecule has 0 saturated heterocycles. The lowest BCUT2D eigenvalue weighted by molar-refractivity contribution is -0.123. The average Bonchev–Trinajstić information content (AvgIpc) is 3.07. The molecule has 2 atom stereocenters. The van der Waals surface area contributed by atoms with Crippen molar-refractivity contribution in [2.75, 3.05) is 14.2 Å². The minimum absolute atomic E-state index is 0.282. The van der Waals surface area contributed by atoms with Crippen molar-refractivity contribution in [3.05, 3.63) is 44.6 Å². The molecule has 0 spiro atoms. The Morgan fingerprint density at radius 2 is 1.81 bits per heavy atom. The Morgan fingerprint density at radius 3 is 2.38 bits per heavy atom. The first-order valence-electron chi connectivity index (χ1n) is 7.94. The van der Waals surface area contributed by atoms with E-state index in [4.69, 9.17) is 9.47 Å². The molecule has 2 rings (SSSR count). The summed E-state index contributed by atoms with van der Waals surface area (Å²) in [5.74, 6) is 0.756. The van der Waals surface area contributed by atoms with E-state index in [-0.39, 0.29) is 17.9 Å². The van der Waals surface area contributed by atoms with E-state index in [2.05, 4.69) is 26.6 Å².